The summed E-state index contributed by atoms with van der Waals surface area (Å²) in [6.45, 7) is 2.05. The zero-order chi connectivity index (χ0) is 22.9. The van der Waals surface area contributed by atoms with Gasteiger partial charge in [-0.1, -0.05) is 37.1 Å². The number of hydrogen-bond donors (Lipinski definition) is 2. The molecule has 33 heavy (non-hydrogen) atoms. The van der Waals surface area contributed by atoms with Crippen molar-refractivity contribution in [3.8, 4) is 11.3 Å². The molecule has 2 atom stereocenters. The van der Waals surface area contributed by atoms with E-state index in [1.807, 2.05) is 36.0 Å². The smallest absolute Gasteiger partial charge is 0.255 e. The summed E-state index contributed by atoms with van der Waals surface area (Å²) in [7, 11) is 1.91. The van der Waals surface area contributed by atoms with E-state index in [1.165, 1.54) is 0 Å². The Morgan fingerprint density at radius 3 is 2.67 bits per heavy atom. The standard InChI is InChI=1S/C26H29N5O2/c1-17-20(15-18-7-9-19(10-8-18)22-11-13-30(2)29-22)16-21(25-27-12-14-31(17)25)26(33)28-23-5-3-4-6-24(23)32/h7-14,16,23-24,32H,3-6,15H2,1-2H3,(H,28,33)/t23-,24-/m0/s1. The van der Waals surface area contributed by atoms with Crippen molar-refractivity contribution in [1.82, 2.24) is 24.5 Å². The summed E-state index contributed by atoms with van der Waals surface area (Å²) in [6, 6.07) is 12.1. The summed E-state index contributed by atoms with van der Waals surface area (Å²) < 4.78 is 3.77. The number of nitrogens with one attached hydrogen (secondary N) is 1. The third kappa shape index (κ3) is 4.28. The molecule has 170 valence electrons. The van der Waals surface area contributed by atoms with E-state index in [-0.39, 0.29) is 11.9 Å². The third-order valence-corrected chi connectivity index (χ3v) is 6.67. The van der Waals surface area contributed by atoms with Crippen LogP contribution in [0.4, 0.5) is 0 Å². The predicted octanol–water partition coefficient (Wildman–Crippen LogP) is 3.67. The second kappa shape index (κ2) is 8.83. The van der Waals surface area contributed by atoms with Crippen molar-refractivity contribution in [2.75, 3.05) is 0 Å². The van der Waals surface area contributed by atoms with Crippen molar-refractivity contribution in [3.05, 3.63) is 77.4 Å². The van der Waals surface area contributed by atoms with Crippen LogP contribution in [0.15, 0.2) is 55.0 Å². The van der Waals surface area contributed by atoms with Gasteiger partial charge in [-0.15, -0.1) is 0 Å². The molecule has 1 aliphatic carbocycles. The lowest BCUT2D eigenvalue weighted by Gasteiger charge is -2.28. The molecule has 7 nitrogen and oxygen atoms in total. The highest BCUT2D eigenvalue weighted by Crippen LogP contribution is 2.24. The van der Waals surface area contributed by atoms with Gasteiger partial charge < -0.3 is 14.8 Å². The number of aliphatic hydroxyl groups is 1. The van der Waals surface area contributed by atoms with Crippen LogP contribution in [0.2, 0.25) is 0 Å². The molecule has 0 spiro atoms. The first-order valence-electron chi connectivity index (χ1n) is 11.5. The Balaban J connectivity index is 1.42. The van der Waals surface area contributed by atoms with Gasteiger partial charge in [-0.05, 0) is 49.4 Å². The Labute approximate surface area is 193 Å². The maximum atomic E-state index is 13.2. The molecule has 2 N–H and O–H groups in total. The largest absolute Gasteiger partial charge is 0.391 e. The Morgan fingerprint density at radius 1 is 1.15 bits per heavy atom. The van der Waals surface area contributed by atoms with Crippen molar-refractivity contribution in [2.24, 2.45) is 7.05 Å². The molecule has 0 bridgehead atoms. The van der Waals surface area contributed by atoms with Gasteiger partial charge in [0.15, 0.2) is 0 Å². The Morgan fingerprint density at radius 2 is 1.94 bits per heavy atom. The van der Waals surface area contributed by atoms with E-state index >= 15 is 0 Å². The number of carbonyl (C=O) groups is 1. The summed E-state index contributed by atoms with van der Waals surface area (Å²) in [5, 5.41) is 17.8. The minimum Gasteiger partial charge on any atom is -0.391 e. The zero-order valence-corrected chi connectivity index (χ0v) is 19.0. The predicted molar refractivity (Wildman–Crippen MR) is 127 cm³/mol. The summed E-state index contributed by atoms with van der Waals surface area (Å²) in [5.74, 6) is -0.177. The normalized spacial score (nSPS) is 18.5. The van der Waals surface area contributed by atoms with Crippen LogP contribution < -0.4 is 5.32 Å². The van der Waals surface area contributed by atoms with Crippen LogP contribution in [-0.2, 0) is 13.5 Å². The molecule has 7 heteroatoms. The van der Waals surface area contributed by atoms with E-state index < -0.39 is 6.10 Å². The Bertz CT molecular complexity index is 1290. The van der Waals surface area contributed by atoms with Crippen LogP contribution in [0.3, 0.4) is 0 Å². The van der Waals surface area contributed by atoms with Crippen molar-refractivity contribution >= 4 is 11.6 Å². The van der Waals surface area contributed by atoms with Crippen molar-refractivity contribution in [3.63, 3.8) is 0 Å². The fourth-order valence-electron chi connectivity index (χ4n) is 4.73. The van der Waals surface area contributed by atoms with E-state index in [0.717, 1.165) is 53.8 Å². The van der Waals surface area contributed by atoms with E-state index in [2.05, 4.69) is 46.6 Å². The van der Waals surface area contributed by atoms with Gasteiger partial charge in [0.1, 0.15) is 5.65 Å². The number of hydrogen-bond acceptors (Lipinski definition) is 4. The lowest BCUT2D eigenvalue weighted by Crippen LogP contribution is -2.45. The first-order valence-corrected chi connectivity index (χ1v) is 11.5. The van der Waals surface area contributed by atoms with Gasteiger partial charge in [0.25, 0.3) is 5.91 Å². The quantitative estimate of drug-likeness (QED) is 0.493. The zero-order valence-electron chi connectivity index (χ0n) is 19.0. The first-order chi connectivity index (χ1) is 16.0. The first kappa shape index (κ1) is 21.4. The topological polar surface area (TPSA) is 84.5 Å². The molecule has 1 aromatic carbocycles. The molecule has 1 amide bonds. The minimum absolute atomic E-state index is 0.177. The maximum absolute atomic E-state index is 13.2. The van der Waals surface area contributed by atoms with Crippen molar-refractivity contribution < 1.29 is 9.90 Å². The number of fused-ring (bicyclic) bond motifs is 1. The SMILES string of the molecule is Cc1c(Cc2ccc(-c3ccn(C)n3)cc2)cc(C(=O)N[C@H]2CCCC[C@@H]2O)c2nccn12. The molecule has 1 aliphatic rings. The van der Waals surface area contributed by atoms with Crippen LogP contribution in [0.25, 0.3) is 16.9 Å². The van der Waals surface area contributed by atoms with Crippen molar-refractivity contribution in [1.29, 1.82) is 0 Å². The highest BCUT2D eigenvalue weighted by molar-refractivity contribution is 6.00. The van der Waals surface area contributed by atoms with Crippen LogP contribution in [0.5, 0.6) is 0 Å². The van der Waals surface area contributed by atoms with Gasteiger partial charge >= 0.3 is 0 Å². The number of nitrogens with zero attached hydrogens (tertiary/aromatic N) is 4. The average molecular weight is 444 g/mol. The van der Waals surface area contributed by atoms with E-state index in [1.54, 1.807) is 10.9 Å². The fourth-order valence-corrected chi connectivity index (χ4v) is 4.73. The Kier molecular flexibility index (Phi) is 5.72. The number of aliphatic hydroxyl groups excluding tert-OH is 1. The highest BCUT2D eigenvalue weighted by Gasteiger charge is 2.26. The van der Waals surface area contributed by atoms with Crippen LogP contribution in [0.1, 0.15) is 52.9 Å². The molecule has 4 aromatic rings. The van der Waals surface area contributed by atoms with Gasteiger partial charge in [-0.2, -0.15) is 5.10 Å². The van der Waals surface area contributed by atoms with E-state index in [4.69, 9.17) is 0 Å². The molecule has 0 aliphatic heterocycles. The van der Waals surface area contributed by atoms with Gasteiger partial charge in [0.05, 0.1) is 23.4 Å². The highest BCUT2D eigenvalue weighted by atomic mass is 16.3. The molecule has 1 fully saturated rings. The third-order valence-electron chi connectivity index (χ3n) is 6.67. The monoisotopic (exact) mass is 443 g/mol. The summed E-state index contributed by atoms with van der Waals surface area (Å²) in [4.78, 5) is 17.6. The second-order valence-electron chi connectivity index (χ2n) is 8.97. The lowest BCUT2D eigenvalue weighted by atomic mass is 9.92. The molecule has 3 aromatic heterocycles. The maximum Gasteiger partial charge on any atom is 0.255 e. The number of imidazole rings is 1. The number of benzene rings is 1. The molecule has 0 radical (unpaired) electrons. The molecule has 0 unspecified atom stereocenters. The summed E-state index contributed by atoms with van der Waals surface area (Å²) in [5.41, 5.74) is 6.50. The molecular weight excluding hydrogens is 414 g/mol. The Hall–Kier alpha value is -3.45. The van der Waals surface area contributed by atoms with Crippen molar-refractivity contribution in [2.45, 2.75) is 51.2 Å². The van der Waals surface area contributed by atoms with Gasteiger partial charge in [0, 0.05) is 36.9 Å². The molecular formula is C26H29N5O2. The average Bonchev–Trinajstić information content (AvgIpc) is 3.47. The van der Waals surface area contributed by atoms with Crippen LogP contribution in [-0.4, -0.2) is 42.3 Å². The molecule has 3 heterocycles. The second-order valence-corrected chi connectivity index (χ2v) is 8.97. The number of rotatable bonds is 5. The number of carbonyl (C=O) groups excluding carboxylic acids is 1. The summed E-state index contributed by atoms with van der Waals surface area (Å²) >= 11 is 0. The van der Waals surface area contributed by atoms with Gasteiger partial charge in [-0.3, -0.25) is 9.48 Å². The lowest BCUT2D eigenvalue weighted by molar-refractivity contribution is 0.0718. The minimum atomic E-state index is -0.485. The van der Waals surface area contributed by atoms with Crippen LogP contribution >= 0.6 is 0 Å². The summed E-state index contributed by atoms with van der Waals surface area (Å²) in [6.07, 6.45) is 9.34. The van der Waals surface area contributed by atoms with E-state index in [0.29, 0.717) is 17.6 Å². The van der Waals surface area contributed by atoms with Crippen LogP contribution in [0, 0.1) is 6.92 Å². The van der Waals surface area contributed by atoms with Gasteiger partial charge in [0.2, 0.25) is 0 Å². The molecule has 5 rings (SSSR count). The number of pyridine rings is 1. The molecule has 1 saturated carbocycles. The van der Waals surface area contributed by atoms with Gasteiger partial charge in [-0.25, -0.2) is 4.98 Å². The number of amides is 1. The number of aromatic nitrogens is 4. The molecule has 0 saturated heterocycles. The number of aryl methyl sites for hydroxylation is 2. The van der Waals surface area contributed by atoms with E-state index in [9.17, 15) is 9.90 Å². The fraction of sp³-hybridized carbons (Fsp3) is 0.346.